The standard InChI is InChI=1S/C11H17N4O/c12-11(13)14-6-4-5-10(16)9-15-7-2-1-3-8-15/h1-3,7-8H,4-6,9H2,(H4,12,13,14)/q+1. The minimum absolute atomic E-state index is 0.0740. The first-order valence-electron chi connectivity index (χ1n) is 5.19. The number of nitrogens with two attached hydrogens (primary N) is 2. The van der Waals surface area contributed by atoms with E-state index >= 15 is 0 Å². The monoisotopic (exact) mass is 221 g/mol. The normalized spacial score (nSPS) is 9.75. The highest BCUT2D eigenvalue weighted by Crippen LogP contribution is 1.92. The fourth-order valence-corrected chi connectivity index (χ4v) is 1.31. The van der Waals surface area contributed by atoms with E-state index in [1.807, 2.05) is 35.2 Å². The number of pyridine rings is 1. The number of rotatable bonds is 6. The number of carbonyl (C=O) groups excluding carboxylic acids is 1. The second-order valence-corrected chi connectivity index (χ2v) is 3.50. The largest absolute Gasteiger partial charge is 0.370 e. The molecule has 0 radical (unpaired) electrons. The van der Waals surface area contributed by atoms with Crippen LogP contribution in [0.15, 0.2) is 35.6 Å². The molecule has 0 aliphatic carbocycles. The van der Waals surface area contributed by atoms with Crippen LogP contribution in [-0.2, 0) is 11.3 Å². The molecule has 0 bridgehead atoms. The van der Waals surface area contributed by atoms with Crippen molar-refractivity contribution in [3.63, 3.8) is 0 Å². The average molecular weight is 221 g/mol. The van der Waals surface area contributed by atoms with E-state index in [2.05, 4.69) is 4.99 Å². The van der Waals surface area contributed by atoms with Gasteiger partial charge in [-0.2, -0.15) is 4.57 Å². The van der Waals surface area contributed by atoms with Crippen molar-refractivity contribution in [2.24, 2.45) is 16.5 Å². The molecular formula is C11H17N4O+. The van der Waals surface area contributed by atoms with Gasteiger partial charge in [-0.1, -0.05) is 6.07 Å². The zero-order chi connectivity index (χ0) is 11.8. The molecule has 0 aliphatic heterocycles. The molecule has 16 heavy (non-hydrogen) atoms. The van der Waals surface area contributed by atoms with E-state index in [9.17, 15) is 4.79 Å². The van der Waals surface area contributed by atoms with E-state index in [0.29, 0.717) is 25.9 Å². The smallest absolute Gasteiger partial charge is 0.206 e. The molecule has 4 N–H and O–H groups in total. The maximum Gasteiger partial charge on any atom is 0.206 e. The summed E-state index contributed by atoms with van der Waals surface area (Å²) in [6.45, 7) is 0.913. The molecule has 1 heterocycles. The molecule has 0 amide bonds. The first-order valence-corrected chi connectivity index (χ1v) is 5.19. The van der Waals surface area contributed by atoms with Crippen molar-refractivity contribution in [1.29, 1.82) is 0 Å². The summed E-state index contributed by atoms with van der Waals surface area (Å²) in [5.74, 6) is 0.256. The maximum absolute atomic E-state index is 11.5. The fourth-order valence-electron chi connectivity index (χ4n) is 1.31. The van der Waals surface area contributed by atoms with Gasteiger partial charge in [-0.25, -0.2) is 0 Å². The van der Waals surface area contributed by atoms with Gasteiger partial charge in [-0.3, -0.25) is 9.79 Å². The fraction of sp³-hybridized carbons (Fsp3) is 0.364. The van der Waals surface area contributed by atoms with Crippen molar-refractivity contribution in [1.82, 2.24) is 0 Å². The van der Waals surface area contributed by atoms with Crippen LogP contribution in [0.3, 0.4) is 0 Å². The number of aliphatic imine (C=N–C) groups is 1. The van der Waals surface area contributed by atoms with E-state index in [-0.39, 0.29) is 11.7 Å². The lowest BCUT2D eigenvalue weighted by atomic mass is 10.2. The number of carbonyl (C=O) groups is 1. The second kappa shape index (κ2) is 6.55. The first-order chi connectivity index (χ1) is 7.68. The van der Waals surface area contributed by atoms with E-state index in [1.54, 1.807) is 0 Å². The van der Waals surface area contributed by atoms with Gasteiger partial charge < -0.3 is 11.5 Å². The number of hydrogen-bond donors (Lipinski definition) is 2. The van der Waals surface area contributed by atoms with Gasteiger partial charge in [0.25, 0.3) is 0 Å². The highest BCUT2D eigenvalue weighted by Gasteiger charge is 2.07. The molecule has 0 aromatic carbocycles. The Morgan fingerprint density at radius 3 is 2.50 bits per heavy atom. The molecule has 0 unspecified atom stereocenters. The topological polar surface area (TPSA) is 85.3 Å². The average Bonchev–Trinajstić information content (AvgIpc) is 2.25. The van der Waals surface area contributed by atoms with Gasteiger partial charge in [-0.05, 0) is 6.42 Å². The van der Waals surface area contributed by atoms with Gasteiger partial charge >= 0.3 is 0 Å². The number of nitrogens with zero attached hydrogens (tertiary/aromatic N) is 2. The zero-order valence-electron chi connectivity index (χ0n) is 9.17. The molecule has 5 heteroatoms. The molecule has 0 saturated heterocycles. The summed E-state index contributed by atoms with van der Waals surface area (Å²) in [4.78, 5) is 15.3. The Balaban J connectivity index is 2.24. The summed E-state index contributed by atoms with van der Waals surface area (Å²) in [6.07, 6.45) is 4.92. The molecule has 0 atom stereocenters. The molecule has 86 valence electrons. The Morgan fingerprint density at radius 1 is 1.19 bits per heavy atom. The van der Waals surface area contributed by atoms with E-state index in [0.717, 1.165) is 0 Å². The van der Waals surface area contributed by atoms with E-state index in [1.165, 1.54) is 0 Å². The summed E-state index contributed by atoms with van der Waals surface area (Å²) in [5.41, 5.74) is 10.3. The Bertz CT molecular complexity index is 358. The molecule has 1 aromatic rings. The molecule has 0 fully saturated rings. The third kappa shape index (κ3) is 5.09. The summed E-state index contributed by atoms with van der Waals surface area (Å²) in [5, 5.41) is 0. The number of aromatic nitrogens is 1. The van der Waals surface area contributed by atoms with Crippen LogP contribution < -0.4 is 16.0 Å². The zero-order valence-corrected chi connectivity index (χ0v) is 9.17. The predicted octanol–water partition coefficient (Wildman–Crippen LogP) is -0.403. The number of ketones is 1. The van der Waals surface area contributed by atoms with E-state index < -0.39 is 0 Å². The lowest BCUT2D eigenvalue weighted by molar-refractivity contribution is -0.684. The van der Waals surface area contributed by atoms with Crippen LogP contribution in [0, 0.1) is 0 Å². The van der Waals surface area contributed by atoms with Crippen molar-refractivity contribution in [3.8, 4) is 0 Å². The number of Topliss-reactive ketones (excluding diaryl/α,β-unsaturated/α-hetero) is 1. The third-order valence-corrected chi connectivity index (χ3v) is 2.04. The number of guanidine groups is 1. The van der Waals surface area contributed by atoms with Crippen LogP contribution in [0.5, 0.6) is 0 Å². The summed E-state index contributed by atoms with van der Waals surface area (Å²) in [7, 11) is 0. The van der Waals surface area contributed by atoms with Crippen molar-refractivity contribution >= 4 is 11.7 Å². The highest BCUT2D eigenvalue weighted by molar-refractivity contribution is 5.77. The number of hydrogen-bond acceptors (Lipinski definition) is 2. The minimum atomic E-state index is 0.0740. The third-order valence-electron chi connectivity index (χ3n) is 2.04. The van der Waals surface area contributed by atoms with Crippen molar-refractivity contribution in [3.05, 3.63) is 30.6 Å². The van der Waals surface area contributed by atoms with E-state index in [4.69, 9.17) is 11.5 Å². The van der Waals surface area contributed by atoms with Crippen LogP contribution in [0.4, 0.5) is 0 Å². The molecule has 1 rings (SSSR count). The van der Waals surface area contributed by atoms with Crippen molar-refractivity contribution < 1.29 is 9.36 Å². The van der Waals surface area contributed by atoms with Gasteiger partial charge in [0.1, 0.15) is 0 Å². The Hall–Kier alpha value is -1.91. The van der Waals surface area contributed by atoms with Gasteiger partial charge in [0.15, 0.2) is 24.1 Å². The first kappa shape index (κ1) is 12.2. The predicted molar refractivity (Wildman–Crippen MR) is 61.6 cm³/mol. The minimum Gasteiger partial charge on any atom is -0.370 e. The molecule has 0 aliphatic rings. The second-order valence-electron chi connectivity index (χ2n) is 3.50. The van der Waals surface area contributed by atoms with Crippen LogP contribution in [0.25, 0.3) is 0 Å². The lowest BCUT2D eigenvalue weighted by Crippen LogP contribution is -2.36. The molecular weight excluding hydrogens is 204 g/mol. The summed E-state index contributed by atoms with van der Waals surface area (Å²) in [6, 6.07) is 5.71. The molecule has 0 saturated carbocycles. The SMILES string of the molecule is NC(N)=NCCCC(=O)C[n+]1ccccc1. The van der Waals surface area contributed by atoms with Crippen LogP contribution in [0.1, 0.15) is 12.8 Å². The van der Waals surface area contributed by atoms with Crippen LogP contribution in [0.2, 0.25) is 0 Å². The Morgan fingerprint density at radius 2 is 1.88 bits per heavy atom. The van der Waals surface area contributed by atoms with Gasteiger partial charge in [0.05, 0.1) is 0 Å². The Kier molecular flexibility index (Phi) is 4.98. The van der Waals surface area contributed by atoms with Crippen LogP contribution in [-0.4, -0.2) is 18.3 Å². The van der Waals surface area contributed by atoms with Crippen LogP contribution >= 0.6 is 0 Å². The molecule has 0 spiro atoms. The van der Waals surface area contributed by atoms with Gasteiger partial charge in [-0.15, -0.1) is 0 Å². The van der Waals surface area contributed by atoms with Crippen molar-refractivity contribution in [2.45, 2.75) is 19.4 Å². The van der Waals surface area contributed by atoms with Gasteiger partial charge in [0, 0.05) is 25.1 Å². The molecule has 1 aromatic heterocycles. The van der Waals surface area contributed by atoms with Gasteiger partial charge in [0.2, 0.25) is 6.54 Å². The summed E-state index contributed by atoms with van der Waals surface area (Å²) >= 11 is 0. The Labute approximate surface area is 94.8 Å². The maximum atomic E-state index is 11.5. The highest BCUT2D eigenvalue weighted by atomic mass is 16.1. The molecule has 5 nitrogen and oxygen atoms in total. The summed E-state index contributed by atoms with van der Waals surface area (Å²) < 4.78 is 1.85. The lowest BCUT2D eigenvalue weighted by Gasteiger charge is -1.96. The van der Waals surface area contributed by atoms with Crippen molar-refractivity contribution in [2.75, 3.05) is 6.54 Å². The quantitative estimate of drug-likeness (QED) is 0.296.